The Balaban J connectivity index is 2.11. The predicted molar refractivity (Wildman–Crippen MR) is 73.9 cm³/mol. The van der Waals surface area contributed by atoms with Crippen LogP contribution in [0.15, 0.2) is 45.6 Å². The first-order valence-corrected chi connectivity index (χ1v) is 6.35. The van der Waals surface area contributed by atoms with Crippen molar-refractivity contribution in [3.05, 3.63) is 58.2 Å². The Morgan fingerprint density at radius 1 is 1.14 bits per heavy atom. The Kier molecular flexibility index (Phi) is 2.33. The van der Waals surface area contributed by atoms with E-state index >= 15 is 0 Å². The molecule has 5 heteroatoms. The lowest BCUT2D eigenvalue weighted by Crippen LogP contribution is -2.15. The minimum absolute atomic E-state index is 0.0597. The maximum Gasteiger partial charge on any atom is 0.344 e. The first-order chi connectivity index (χ1) is 10.1. The summed E-state index contributed by atoms with van der Waals surface area (Å²) in [7, 11) is 0. The van der Waals surface area contributed by atoms with Crippen LogP contribution in [-0.2, 0) is 6.61 Å². The normalized spacial score (nSPS) is 12.6. The summed E-state index contributed by atoms with van der Waals surface area (Å²) in [6.07, 6.45) is 0. The number of hydrogen-bond donors (Lipinski definition) is 1. The fraction of sp³-hybridized carbons (Fsp3) is 0.0625. The number of rotatable bonds is 0. The zero-order chi connectivity index (χ0) is 14.6. The molecule has 1 aromatic heterocycles. The lowest BCUT2D eigenvalue weighted by Gasteiger charge is -2.20. The Morgan fingerprint density at radius 3 is 2.86 bits per heavy atom. The molecule has 0 amide bonds. The molecule has 104 valence electrons. The number of phenolic OH excluding ortho intramolecular Hbond substituents is 1. The van der Waals surface area contributed by atoms with Gasteiger partial charge in [-0.05, 0) is 24.3 Å². The van der Waals surface area contributed by atoms with E-state index in [1.165, 1.54) is 24.3 Å². The second-order valence-corrected chi connectivity index (χ2v) is 4.85. The average molecular weight is 284 g/mol. The summed E-state index contributed by atoms with van der Waals surface area (Å²) in [5, 5.41) is 10.1. The number of phenols is 1. The molecule has 2 heterocycles. The van der Waals surface area contributed by atoms with Crippen molar-refractivity contribution in [1.82, 2.24) is 0 Å². The molecule has 0 bridgehead atoms. The number of halogens is 1. The van der Waals surface area contributed by atoms with Gasteiger partial charge in [0.2, 0.25) is 0 Å². The highest BCUT2D eigenvalue weighted by molar-refractivity contribution is 5.89. The summed E-state index contributed by atoms with van der Waals surface area (Å²) in [4.78, 5) is 12.2. The van der Waals surface area contributed by atoms with E-state index < -0.39 is 11.4 Å². The molecule has 0 unspecified atom stereocenters. The Hall–Kier alpha value is -2.82. The monoisotopic (exact) mass is 284 g/mol. The fourth-order valence-corrected chi connectivity index (χ4v) is 2.65. The third-order valence-electron chi connectivity index (χ3n) is 3.58. The smallest absolute Gasteiger partial charge is 0.344 e. The van der Waals surface area contributed by atoms with Gasteiger partial charge in [0.15, 0.2) is 0 Å². The van der Waals surface area contributed by atoms with Crippen molar-refractivity contribution in [2.45, 2.75) is 6.61 Å². The topological polar surface area (TPSA) is 59.7 Å². The lowest BCUT2D eigenvalue weighted by molar-refractivity contribution is 0.300. The molecule has 0 fully saturated rings. The summed E-state index contributed by atoms with van der Waals surface area (Å²) >= 11 is 0. The van der Waals surface area contributed by atoms with E-state index in [1.807, 2.05) is 0 Å². The van der Waals surface area contributed by atoms with Gasteiger partial charge in [-0.1, -0.05) is 0 Å². The van der Waals surface area contributed by atoms with Crippen molar-refractivity contribution < 1.29 is 18.7 Å². The van der Waals surface area contributed by atoms with Gasteiger partial charge in [0, 0.05) is 28.6 Å². The van der Waals surface area contributed by atoms with E-state index in [0.29, 0.717) is 27.8 Å². The van der Waals surface area contributed by atoms with Crippen molar-refractivity contribution in [3.63, 3.8) is 0 Å². The van der Waals surface area contributed by atoms with E-state index in [0.717, 1.165) is 0 Å². The van der Waals surface area contributed by atoms with Gasteiger partial charge in [-0.2, -0.15) is 0 Å². The van der Waals surface area contributed by atoms with E-state index in [-0.39, 0.29) is 17.9 Å². The number of hydrogen-bond acceptors (Lipinski definition) is 4. The van der Waals surface area contributed by atoms with Crippen LogP contribution in [0.1, 0.15) is 5.56 Å². The standard InChI is InChI=1S/C16H9FO4/c17-8-1-3-10-12-7-20-13-6-9(18)2-4-11(13)15(12)16(19)21-14(10)5-8/h1-6,18H,7H2. The molecule has 1 aliphatic heterocycles. The van der Waals surface area contributed by atoms with Crippen LogP contribution in [-0.4, -0.2) is 5.11 Å². The SMILES string of the molecule is O=c1oc2cc(F)ccc2c2c1-c1ccc(O)cc1OC2. The molecule has 3 aromatic rings. The Bertz CT molecular complexity index is 943. The van der Waals surface area contributed by atoms with Crippen molar-refractivity contribution >= 4 is 11.0 Å². The number of benzene rings is 2. The molecule has 0 aliphatic carbocycles. The van der Waals surface area contributed by atoms with Gasteiger partial charge in [-0.3, -0.25) is 0 Å². The number of fused-ring (bicyclic) bond motifs is 5. The molecule has 1 aliphatic rings. The Morgan fingerprint density at radius 2 is 2.00 bits per heavy atom. The van der Waals surface area contributed by atoms with Crippen LogP contribution < -0.4 is 10.4 Å². The molecule has 0 saturated carbocycles. The van der Waals surface area contributed by atoms with E-state index in [4.69, 9.17) is 9.15 Å². The van der Waals surface area contributed by atoms with Gasteiger partial charge in [-0.15, -0.1) is 0 Å². The van der Waals surface area contributed by atoms with Crippen LogP contribution in [0, 0.1) is 5.82 Å². The summed E-state index contributed by atoms with van der Waals surface area (Å²) in [6.45, 7) is 0.166. The minimum atomic E-state index is -0.543. The molecule has 0 spiro atoms. The number of aromatic hydroxyl groups is 1. The molecule has 21 heavy (non-hydrogen) atoms. The highest BCUT2D eigenvalue weighted by Crippen LogP contribution is 2.39. The van der Waals surface area contributed by atoms with Crippen LogP contribution in [0.25, 0.3) is 22.1 Å². The Labute approximate surface area is 118 Å². The molecule has 1 N–H and O–H groups in total. The van der Waals surface area contributed by atoms with Crippen molar-refractivity contribution in [1.29, 1.82) is 0 Å². The van der Waals surface area contributed by atoms with Crippen molar-refractivity contribution in [2.75, 3.05) is 0 Å². The largest absolute Gasteiger partial charge is 0.508 e. The third-order valence-corrected chi connectivity index (χ3v) is 3.58. The highest BCUT2D eigenvalue weighted by atomic mass is 19.1. The van der Waals surface area contributed by atoms with Gasteiger partial charge in [-0.25, -0.2) is 9.18 Å². The van der Waals surface area contributed by atoms with Gasteiger partial charge < -0.3 is 14.3 Å². The first kappa shape index (κ1) is 12.0. The molecule has 0 atom stereocenters. The van der Waals surface area contributed by atoms with E-state index in [9.17, 15) is 14.3 Å². The number of ether oxygens (including phenoxy) is 1. The summed E-state index contributed by atoms with van der Waals surface area (Å²) in [5.74, 6) is 0.0216. The van der Waals surface area contributed by atoms with Gasteiger partial charge in [0.25, 0.3) is 0 Å². The molecule has 0 saturated heterocycles. The quantitative estimate of drug-likeness (QED) is 0.644. The second kappa shape index (κ2) is 4.09. The zero-order valence-corrected chi connectivity index (χ0v) is 10.7. The van der Waals surface area contributed by atoms with E-state index in [1.54, 1.807) is 12.1 Å². The second-order valence-electron chi connectivity index (χ2n) is 4.85. The summed E-state index contributed by atoms with van der Waals surface area (Å²) in [6, 6.07) is 8.60. The highest BCUT2D eigenvalue weighted by Gasteiger charge is 2.24. The molecule has 2 aromatic carbocycles. The summed E-state index contributed by atoms with van der Waals surface area (Å²) < 4.78 is 24.1. The third kappa shape index (κ3) is 1.71. The maximum atomic E-state index is 13.3. The first-order valence-electron chi connectivity index (χ1n) is 6.35. The van der Waals surface area contributed by atoms with Crippen molar-refractivity contribution in [3.8, 4) is 22.6 Å². The maximum absolute atomic E-state index is 13.3. The van der Waals surface area contributed by atoms with Gasteiger partial charge in [0.1, 0.15) is 29.5 Å². The van der Waals surface area contributed by atoms with Crippen LogP contribution in [0.2, 0.25) is 0 Å². The van der Waals surface area contributed by atoms with Crippen LogP contribution >= 0.6 is 0 Å². The van der Waals surface area contributed by atoms with Crippen molar-refractivity contribution in [2.24, 2.45) is 0 Å². The molecule has 4 nitrogen and oxygen atoms in total. The molecular formula is C16H9FO4. The molecule has 4 rings (SSSR count). The lowest BCUT2D eigenvalue weighted by atomic mass is 9.96. The van der Waals surface area contributed by atoms with E-state index in [2.05, 4.69) is 0 Å². The predicted octanol–water partition coefficient (Wildman–Crippen LogP) is 3.20. The molecule has 0 radical (unpaired) electrons. The van der Waals surface area contributed by atoms with Gasteiger partial charge >= 0.3 is 5.63 Å². The zero-order valence-electron chi connectivity index (χ0n) is 10.7. The van der Waals surface area contributed by atoms with Crippen LogP contribution in [0.3, 0.4) is 0 Å². The van der Waals surface area contributed by atoms with Crippen LogP contribution in [0.5, 0.6) is 11.5 Å². The average Bonchev–Trinajstić information content (AvgIpc) is 2.46. The minimum Gasteiger partial charge on any atom is -0.508 e. The van der Waals surface area contributed by atoms with Gasteiger partial charge in [0.05, 0.1) is 5.56 Å². The molecular weight excluding hydrogens is 275 g/mol. The van der Waals surface area contributed by atoms with Crippen LogP contribution in [0.4, 0.5) is 4.39 Å². The summed E-state index contributed by atoms with van der Waals surface area (Å²) in [5.41, 5.74) is 1.28. The fourth-order valence-electron chi connectivity index (χ4n) is 2.65.